The first-order valence-electron chi connectivity index (χ1n) is 7.13. The third-order valence-electron chi connectivity index (χ3n) is 3.93. The van der Waals surface area contributed by atoms with Gasteiger partial charge in [0.25, 0.3) is 0 Å². The van der Waals surface area contributed by atoms with E-state index in [9.17, 15) is 4.39 Å². The Morgan fingerprint density at radius 3 is 2.43 bits per heavy atom. The lowest BCUT2D eigenvalue weighted by Gasteiger charge is -2.18. The van der Waals surface area contributed by atoms with Gasteiger partial charge in [-0.15, -0.1) is 0 Å². The molecule has 1 nitrogen and oxygen atoms in total. The fourth-order valence-electron chi connectivity index (χ4n) is 2.87. The Hall–Kier alpha value is -2.19. The molecule has 0 heterocycles. The monoisotopic (exact) mass is 279 g/mol. The summed E-state index contributed by atoms with van der Waals surface area (Å²) in [6.07, 6.45) is 0.703. The largest absolute Gasteiger partial charge is 0.324 e. The van der Waals surface area contributed by atoms with Crippen molar-refractivity contribution in [1.29, 1.82) is 0 Å². The third-order valence-corrected chi connectivity index (χ3v) is 3.93. The van der Waals surface area contributed by atoms with Crippen molar-refractivity contribution in [1.82, 2.24) is 0 Å². The molecule has 0 radical (unpaired) electrons. The smallest absolute Gasteiger partial charge is 0.123 e. The van der Waals surface area contributed by atoms with Gasteiger partial charge >= 0.3 is 0 Å². The molecule has 0 aliphatic heterocycles. The van der Waals surface area contributed by atoms with Gasteiger partial charge in [0.05, 0.1) is 0 Å². The predicted molar refractivity (Wildman–Crippen MR) is 85.7 cm³/mol. The Morgan fingerprint density at radius 2 is 1.67 bits per heavy atom. The number of aryl methyl sites for hydroxylation is 1. The van der Waals surface area contributed by atoms with Crippen molar-refractivity contribution in [2.45, 2.75) is 19.4 Å². The second-order valence-electron chi connectivity index (χ2n) is 5.45. The third kappa shape index (κ3) is 2.81. The molecular weight excluding hydrogens is 261 g/mol. The van der Waals surface area contributed by atoms with E-state index in [1.165, 1.54) is 34.0 Å². The van der Waals surface area contributed by atoms with Gasteiger partial charge in [-0.1, -0.05) is 48.5 Å². The van der Waals surface area contributed by atoms with Gasteiger partial charge in [0, 0.05) is 6.04 Å². The molecule has 2 heteroatoms. The summed E-state index contributed by atoms with van der Waals surface area (Å²) < 4.78 is 13.0. The minimum Gasteiger partial charge on any atom is -0.324 e. The van der Waals surface area contributed by atoms with E-state index in [1.807, 2.05) is 12.1 Å². The topological polar surface area (TPSA) is 26.0 Å². The minimum atomic E-state index is -0.214. The average molecular weight is 279 g/mol. The molecule has 3 rings (SSSR count). The van der Waals surface area contributed by atoms with Gasteiger partial charge in [0.1, 0.15) is 5.82 Å². The zero-order chi connectivity index (χ0) is 14.8. The minimum absolute atomic E-state index is 0.0958. The second-order valence-corrected chi connectivity index (χ2v) is 5.45. The molecule has 0 amide bonds. The summed E-state index contributed by atoms with van der Waals surface area (Å²) in [5.41, 5.74) is 9.87. The number of benzene rings is 3. The molecule has 21 heavy (non-hydrogen) atoms. The van der Waals surface area contributed by atoms with Crippen LogP contribution in [0.3, 0.4) is 0 Å². The summed E-state index contributed by atoms with van der Waals surface area (Å²) >= 11 is 0. The van der Waals surface area contributed by atoms with Gasteiger partial charge in [-0.3, -0.25) is 0 Å². The van der Waals surface area contributed by atoms with Crippen molar-refractivity contribution in [2.75, 3.05) is 0 Å². The van der Waals surface area contributed by atoms with Crippen molar-refractivity contribution < 1.29 is 4.39 Å². The molecule has 0 spiro atoms. The van der Waals surface area contributed by atoms with Crippen LogP contribution >= 0.6 is 0 Å². The fraction of sp³-hybridized carbons (Fsp3) is 0.158. The van der Waals surface area contributed by atoms with Crippen LogP contribution in [0.5, 0.6) is 0 Å². The summed E-state index contributed by atoms with van der Waals surface area (Å²) in [4.78, 5) is 0. The highest BCUT2D eigenvalue weighted by Crippen LogP contribution is 2.28. The van der Waals surface area contributed by atoms with Crippen LogP contribution in [-0.4, -0.2) is 0 Å². The van der Waals surface area contributed by atoms with E-state index in [4.69, 9.17) is 5.73 Å². The lowest BCUT2D eigenvalue weighted by Crippen LogP contribution is -2.15. The van der Waals surface area contributed by atoms with Gasteiger partial charge < -0.3 is 5.73 Å². The lowest BCUT2D eigenvalue weighted by atomic mass is 9.91. The fourth-order valence-corrected chi connectivity index (χ4v) is 2.87. The Bertz CT molecular complexity index is 762. The zero-order valence-corrected chi connectivity index (χ0v) is 12.0. The van der Waals surface area contributed by atoms with Crippen molar-refractivity contribution in [3.63, 3.8) is 0 Å². The highest BCUT2D eigenvalue weighted by molar-refractivity contribution is 5.87. The molecule has 2 N–H and O–H groups in total. The number of rotatable bonds is 3. The molecule has 0 saturated carbocycles. The van der Waals surface area contributed by atoms with Crippen molar-refractivity contribution >= 4 is 10.8 Å². The van der Waals surface area contributed by atoms with E-state index in [-0.39, 0.29) is 11.9 Å². The molecule has 0 aromatic heterocycles. The van der Waals surface area contributed by atoms with E-state index < -0.39 is 0 Å². The maximum Gasteiger partial charge on any atom is 0.123 e. The Labute approximate surface area is 124 Å². The normalized spacial score (nSPS) is 12.5. The van der Waals surface area contributed by atoms with Gasteiger partial charge in [-0.25, -0.2) is 4.39 Å². The summed E-state index contributed by atoms with van der Waals surface area (Å²) in [6, 6.07) is 19.0. The number of fused-ring (bicyclic) bond motifs is 1. The SMILES string of the molecule is Cc1ccc2ccccc2c1C(N)Cc1ccc(F)cc1. The molecule has 0 aliphatic carbocycles. The molecule has 1 unspecified atom stereocenters. The first kappa shape index (κ1) is 13.8. The first-order chi connectivity index (χ1) is 10.1. The summed E-state index contributed by atoms with van der Waals surface area (Å²) in [7, 11) is 0. The van der Waals surface area contributed by atoms with Gasteiger partial charge in [-0.2, -0.15) is 0 Å². The van der Waals surface area contributed by atoms with Crippen LogP contribution in [0.4, 0.5) is 4.39 Å². The van der Waals surface area contributed by atoms with Gasteiger partial charge in [-0.05, 0) is 52.9 Å². The van der Waals surface area contributed by atoms with E-state index in [1.54, 1.807) is 12.1 Å². The Morgan fingerprint density at radius 1 is 0.952 bits per heavy atom. The zero-order valence-electron chi connectivity index (χ0n) is 12.0. The van der Waals surface area contributed by atoms with E-state index in [0.717, 1.165) is 5.56 Å². The molecule has 0 bridgehead atoms. The summed E-state index contributed by atoms with van der Waals surface area (Å²) in [6.45, 7) is 2.09. The van der Waals surface area contributed by atoms with Crippen molar-refractivity contribution in [3.8, 4) is 0 Å². The second kappa shape index (κ2) is 5.66. The number of hydrogen-bond donors (Lipinski definition) is 1. The van der Waals surface area contributed by atoms with Crippen LogP contribution in [0, 0.1) is 12.7 Å². The van der Waals surface area contributed by atoms with Gasteiger partial charge in [0.15, 0.2) is 0 Å². The Balaban J connectivity index is 1.99. The molecule has 3 aromatic rings. The Kier molecular flexibility index (Phi) is 3.72. The number of nitrogens with two attached hydrogens (primary N) is 1. The summed E-state index contributed by atoms with van der Waals surface area (Å²) in [5, 5.41) is 2.40. The molecule has 1 atom stereocenters. The van der Waals surface area contributed by atoms with E-state index in [2.05, 4.69) is 31.2 Å². The maximum absolute atomic E-state index is 13.0. The molecule has 106 valence electrons. The molecule has 0 aliphatic rings. The van der Waals surface area contributed by atoms with Crippen molar-refractivity contribution in [2.24, 2.45) is 5.73 Å². The number of hydrogen-bond acceptors (Lipinski definition) is 1. The standard InChI is InChI=1S/C19H18FN/c1-13-6-9-15-4-2-3-5-17(15)19(13)18(21)12-14-7-10-16(20)11-8-14/h2-11,18H,12,21H2,1H3. The lowest BCUT2D eigenvalue weighted by molar-refractivity contribution is 0.625. The molecule has 3 aromatic carbocycles. The van der Waals surface area contributed by atoms with Crippen LogP contribution in [0.1, 0.15) is 22.7 Å². The molecule has 0 fully saturated rings. The van der Waals surface area contributed by atoms with Crippen LogP contribution in [0.2, 0.25) is 0 Å². The average Bonchev–Trinajstić information content (AvgIpc) is 2.49. The van der Waals surface area contributed by atoms with Crippen molar-refractivity contribution in [3.05, 3.63) is 83.2 Å². The van der Waals surface area contributed by atoms with Crippen LogP contribution < -0.4 is 5.73 Å². The molecular formula is C19H18FN. The number of halogens is 1. The maximum atomic E-state index is 13.0. The highest BCUT2D eigenvalue weighted by Gasteiger charge is 2.13. The van der Waals surface area contributed by atoms with E-state index >= 15 is 0 Å². The first-order valence-corrected chi connectivity index (χ1v) is 7.13. The van der Waals surface area contributed by atoms with Crippen LogP contribution in [-0.2, 0) is 6.42 Å². The van der Waals surface area contributed by atoms with Gasteiger partial charge in [0.2, 0.25) is 0 Å². The van der Waals surface area contributed by atoms with E-state index in [0.29, 0.717) is 6.42 Å². The quantitative estimate of drug-likeness (QED) is 0.749. The summed E-state index contributed by atoms with van der Waals surface area (Å²) in [5.74, 6) is -0.214. The highest BCUT2D eigenvalue weighted by atomic mass is 19.1. The molecule has 0 saturated heterocycles. The van der Waals surface area contributed by atoms with Crippen LogP contribution in [0.15, 0.2) is 60.7 Å². The van der Waals surface area contributed by atoms with Crippen LogP contribution in [0.25, 0.3) is 10.8 Å². The predicted octanol–water partition coefficient (Wildman–Crippen LogP) is 4.53.